The van der Waals surface area contributed by atoms with Crippen molar-refractivity contribution in [3.05, 3.63) is 107 Å². The second kappa shape index (κ2) is 11.0. The van der Waals surface area contributed by atoms with Crippen LogP contribution in [0.2, 0.25) is 5.02 Å². The van der Waals surface area contributed by atoms with Crippen molar-refractivity contribution >= 4 is 62.9 Å². The van der Waals surface area contributed by atoms with Crippen LogP contribution in [0.1, 0.15) is 20.7 Å². The topological polar surface area (TPSA) is 64.7 Å². The number of thiocarbonyl (C=S) groups is 1. The van der Waals surface area contributed by atoms with Crippen LogP contribution in [0.25, 0.3) is 10.8 Å². The molecule has 6 nitrogen and oxygen atoms in total. The predicted octanol–water partition coefficient (Wildman–Crippen LogP) is 5.58. The zero-order chi connectivity index (χ0) is 25.8. The fourth-order valence-corrected chi connectivity index (χ4v) is 4.77. The van der Waals surface area contributed by atoms with Crippen LogP contribution >= 0.6 is 23.8 Å². The third kappa shape index (κ3) is 5.74. The molecule has 0 spiro atoms. The Morgan fingerprint density at radius 3 is 2.16 bits per heavy atom. The molecule has 8 heteroatoms. The average Bonchev–Trinajstić information content (AvgIpc) is 2.93. The minimum absolute atomic E-state index is 0.000285. The maximum Gasteiger partial charge on any atom is 0.257 e. The number of nitrogens with one attached hydrogen (secondary N) is 2. The smallest absolute Gasteiger partial charge is 0.257 e. The normalized spacial score (nSPS) is 13.3. The first-order chi connectivity index (χ1) is 18.0. The van der Waals surface area contributed by atoms with Gasteiger partial charge in [-0.05, 0) is 71.5 Å². The molecule has 1 heterocycles. The largest absolute Gasteiger partial charge is 0.366 e. The SMILES string of the molecule is O=C(NC(=S)Nc1ccccc1N1CCN(C(=O)c2ccc(Cl)cc2)CC1)c1ccc2ccccc2c1. The maximum absolute atomic E-state index is 12.9. The lowest BCUT2D eigenvalue weighted by Crippen LogP contribution is -2.49. The second-order valence-corrected chi connectivity index (χ2v) is 9.62. The summed E-state index contributed by atoms with van der Waals surface area (Å²) < 4.78 is 0. The molecule has 0 unspecified atom stereocenters. The van der Waals surface area contributed by atoms with E-state index in [4.69, 9.17) is 23.8 Å². The molecule has 0 atom stereocenters. The fraction of sp³-hybridized carbons (Fsp3) is 0.138. The highest BCUT2D eigenvalue weighted by Crippen LogP contribution is 2.27. The van der Waals surface area contributed by atoms with Gasteiger partial charge in [0.1, 0.15) is 0 Å². The molecule has 4 aromatic rings. The quantitative estimate of drug-likeness (QED) is 0.338. The number of anilines is 2. The molecule has 5 rings (SSSR count). The Hall–Kier alpha value is -3.94. The highest BCUT2D eigenvalue weighted by molar-refractivity contribution is 7.80. The first kappa shape index (κ1) is 24.7. The van der Waals surface area contributed by atoms with Gasteiger partial charge < -0.3 is 15.1 Å². The molecule has 0 radical (unpaired) electrons. The van der Waals surface area contributed by atoms with Gasteiger partial charge in [0.25, 0.3) is 11.8 Å². The Labute approximate surface area is 225 Å². The number of halogens is 1. The molecule has 0 saturated carbocycles. The Balaban J connectivity index is 1.21. The molecule has 0 aromatic heterocycles. The van der Waals surface area contributed by atoms with E-state index in [1.807, 2.05) is 65.6 Å². The van der Waals surface area contributed by atoms with Gasteiger partial charge in [0.15, 0.2) is 5.11 Å². The van der Waals surface area contributed by atoms with E-state index in [-0.39, 0.29) is 16.9 Å². The third-order valence-corrected chi connectivity index (χ3v) is 6.85. The lowest BCUT2D eigenvalue weighted by molar-refractivity contribution is 0.0746. The van der Waals surface area contributed by atoms with Gasteiger partial charge in [-0.2, -0.15) is 0 Å². The minimum atomic E-state index is -0.268. The number of fused-ring (bicyclic) bond motifs is 1. The van der Waals surface area contributed by atoms with Crippen LogP contribution in [0.3, 0.4) is 0 Å². The van der Waals surface area contributed by atoms with E-state index in [1.54, 1.807) is 30.3 Å². The number of amides is 2. The highest BCUT2D eigenvalue weighted by atomic mass is 35.5. The molecule has 186 valence electrons. The van der Waals surface area contributed by atoms with Crippen LogP contribution in [0.4, 0.5) is 11.4 Å². The predicted molar refractivity (Wildman–Crippen MR) is 154 cm³/mol. The van der Waals surface area contributed by atoms with Gasteiger partial charge in [0.2, 0.25) is 0 Å². The summed E-state index contributed by atoms with van der Waals surface area (Å²) in [5.41, 5.74) is 2.93. The number of piperazine rings is 1. The average molecular weight is 529 g/mol. The van der Waals surface area contributed by atoms with E-state index in [0.717, 1.165) is 22.1 Å². The van der Waals surface area contributed by atoms with Gasteiger partial charge in [-0.25, -0.2) is 0 Å². The molecule has 0 aliphatic carbocycles. The van der Waals surface area contributed by atoms with Gasteiger partial charge >= 0.3 is 0 Å². The number of rotatable bonds is 4. The lowest BCUT2D eigenvalue weighted by atomic mass is 10.1. The summed E-state index contributed by atoms with van der Waals surface area (Å²) in [6.45, 7) is 2.54. The molecular weight excluding hydrogens is 504 g/mol. The van der Waals surface area contributed by atoms with Crippen molar-refractivity contribution in [1.29, 1.82) is 0 Å². The van der Waals surface area contributed by atoms with E-state index >= 15 is 0 Å². The van der Waals surface area contributed by atoms with Crippen molar-refractivity contribution < 1.29 is 9.59 Å². The molecule has 1 saturated heterocycles. The van der Waals surface area contributed by atoms with Gasteiger partial charge in [-0.3, -0.25) is 14.9 Å². The van der Waals surface area contributed by atoms with Crippen molar-refractivity contribution in [3.8, 4) is 0 Å². The Morgan fingerprint density at radius 2 is 1.41 bits per heavy atom. The van der Waals surface area contributed by atoms with Crippen LogP contribution in [0.15, 0.2) is 91.0 Å². The van der Waals surface area contributed by atoms with Gasteiger partial charge in [0.05, 0.1) is 11.4 Å². The summed E-state index contributed by atoms with van der Waals surface area (Å²) in [5, 5.41) is 8.86. The molecule has 1 aliphatic heterocycles. The molecule has 0 bridgehead atoms. The molecule has 37 heavy (non-hydrogen) atoms. The van der Waals surface area contributed by atoms with Crippen molar-refractivity contribution in [1.82, 2.24) is 10.2 Å². The number of carbonyl (C=O) groups excluding carboxylic acids is 2. The van der Waals surface area contributed by atoms with Crippen LogP contribution in [0.5, 0.6) is 0 Å². The van der Waals surface area contributed by atoms with Crippen LogP contribution in [-0.4, -0.2) is 48.0 Å². The first-order valence-corrected chi connectivity index (χ1v) is 12.8. The van der Waals surface area contributed by atoms with Crippen molar-refractivity contribution in [3.63, 3.8) is 0 Å². The molecule has 2 N–H and O–H groups in total. The fourth-order valence-electron chi connectivity index (χ4n) is 4.44. The van der Waals surface area contributed by atoms with E-state index in [9.17, 15) is 9.59 Å². The van der Waals surface area contributed by atoms with Gasteiger partial charge in [0, 0.05) is 42.3 Å². The number of hydrogen-bond acceptors (Lipinski definition) is 4. The van der Waals surface area contributed by atoms with E-state index in [1.165, 1.54) is 0 Å². The summed E-state index contributed by atoms with van der Waals surface area (Å²) in [5.74, 6) is -0.268. The number of hydrogen-bond donors (Lipinski definition) is 2. The maximum atomic E-state index is 12.9. The van der Waals surface area contributed by atoms with E-state index < -0.39 is 0 Å². The van der Waals surface area contributed by atoms with Crippen molar-refractivity contribution in [2.45, 2.75) is 0 Å². The van der Waals surface area contributed by atoms with Gasteiger partial charge in [-0.15, -0.1) is 0 Å². The lowest BCUT2D eigenvalue weighted by Gasteiger charge is -2.37. The van der Waals surface area contributed by atoms with E-state index in [2.05, 4.69) is 15.5 Å². The monoisotopic (exact) mass is 528 g/mol. The number of nitrogens with zero attached hydrogens (tertiary/aromatic N) is 2. The third-order valence-electron chi connectivity index (χ3n) is 6.39. The van der Waals surface area contributed by atoms with Crippen molar-refractivity contribution in [2.24, 2.45) is 0 Å². The Bertz CT molecular complexity index is 1470. The summed E-state index contributed by atoms with van der Waals surface area (Å²) in [6, 6.07) is 28.2. The van der Waals surface area contributed by atoms with Crippen LogP contribution in [0, 0.1) is 0 Å². The number of benzene rings is 4. The second-order valence-electron chi connectivity index (χ2n) is 8.77. The first-order valence-electron chi connectivity index (χ1n) is 12.0. The zero-order valence-corrected chi connectivity index (χ0v) is 21.6. The van der Waals surface area contributed by atoms with Crippen LogP contribution < -0.4 is 15.5 Å². The standard InChI is InChI=1S/C29H25ClN4O2S/c30-24-13-11-21(12-14-24)28(36)34-17-15-33(16-18-34)26-8-4-3-7-25(26)31-29(37)32-27(35)23-10-9-20-5-1-2-6-22(20)19-23/h1-14,19H,15-18H2,(H2,31,32,35,37). The minimum Gasteiger partial charge on any atom is -0.366 e. The molecule has 1 fully saturated rings. The van der Waals surface area contributed by atoms with Gasteiger partial charge in [-0.1, -0.05) is 54.1 Å². The summed E-state index contributed by atoms with van der Waals surface area (Å²) in [6.07, 6.45) is 0. The highest BCUT2D eigenvalue weighted by Gasteiger charge is 2.23. The summed E-state index contributed by atoms with van der Waals surface area (Å²) >= 11 is 11.4. The summed E-state index contributed by atoms with van der Waals surface area (Å²) in [4.78, 5) is 29.7. The van der Waals surface area contributed by atoms with Crippen LogP contribution in [-0.2, 0) is 0 Å². The molecule has 4 aromatic carbocycles. The Kier molecular flexibility index (Phi) is 7.35. The molecular formula is C29H25ClN4O2S. The molecule has 1 aliphatic rings. The van der Waals surface area contributed by atoms with Crippen molar-refractivity contribution in [2.75, 3.05) is 36.4 Å². The number of carbonyl (C=O) groups is 2. The zero-order valence-electron chi connectivity index (χ0n) is 20.0. The Morgan fingerprint density at radius 1 is 0.757 bits per heavy atom. The number of para-hydroxylation sites is 2. The molecule has 2 amide bonds. The van der Waals surface area contributed by atoms with E-state index in [0.29, 0.717) is 42.3 Å². The summed E-state index contributed by atoms with van der Waals surface area (Å²) in [7, 11) is 0.